The van der Waals surface area contributed by atoms with Crippen LogP contribution in [0, 0.1) is 0 Å². The van der Waals surface area contributed by atoms with Crippen LogP contribution in [-0.4, -0.2) is 42.0 Å². The van der Waals surface area contributed by atoms with Crippen molar-refractivity contribution in [1.82, 2.24) is 9.47 Å². The lowest BCUT2D eigenvalue weighted by Gasteiger charge is -2.18. The number of nitrogens with zero attached hydrogens (tertiary/aromatic N) is 2. The molecule has 2 aromatic carbocycles. The minimum Gasteiger partial charge on any atom is -0.469 e. The number of aromatic nitrogens is 1. The first-order valence-electron chi connectivity index (χ1n) is 11.1. The maximum Gasteiger partial charge on any atom is 0.305 e. The first kappa shape index (κ1) is 23.3. The van der Waals surface area contributed by atoms with Crippen molar-refractivity contribution in [2.75, 3.05) is 20.7 Å². The summed E-state index contributed by atoms with van der Waals surface area (Å²) >= 11 is 0. The summed E-state index contributed by atoms with van der Waals surface area (Å²) in [4.78, 5) is 26.1. The van der Waals surface area contributed by atoms with E-state index < -0.39 is 0 Å². The Morgan fingerprint density at radius 1 is 0.969 bits per heavy atom. The Balaban J connectivity index is 1.56. The first-order valence-corrected chi connectivity index (χ1v) is 11.1. The van der Waals surface area contributed by atoms with Gasteiger partial charge in [0, 0.05) is 32.4 Å². The molecular weight excluding hydrogens is 400 g/mol. The van der Waals surface area contributed by atoms with E-state index in [0.29, 0.717) is 19.5 Å². The van der Waals surface area contributed by atoms with Gasteiger partial charge in [0.25, 0.3) is 0 Å². The standard InChI is InChI=1S/C27H32N2O3/c1-28(17-15-22-9-5-3-6-10-22)26(30)21-29-18-16-23(20-29)19-25(13-14-27(31)32-2)24-11-7-4-8-12-24/h3-12,16,18,20,25H,13-15,17,19,21H2,1-2H3. The molecule has 32 heavy (non-hydrogen) atoms. The van der Waals surface area contributed by atoms with Crippen molar-refractivity contribution in [2.24, 2.45) is 0 Å². The molecule has 0 bridgehead atoms. The summed E-state index contributed by atoms with van der Waals surface area (Å²) in [6.45, 7) is 1.02. The number of carbonyl (C=O) groups excluding carboxylic acids is 2. The van der Waals surface area contributed by atoms with Gasteiger partial charge in [0.1, 0.15) is 6.54 Å². The number of likely N-dealkylation sites (N-methyl/N-ethyl adjacent to an activating group) is 1. The molecule has 0 radical (unpaired) electrons. The molecule has 1 aromatic heterocycles. The third-order valence-electron chi connectivity index (χ3n) is 5.81. The maximum absolute atomic E-state index is 12.7. The van der Waals surface area contributed by atoms with Crippen LogP contribution in [0.3, 0.4) is 0 Å². The van der Waals surface area contributed by atoms with Crippen molar-refractivity contribution in [3.63, 3.8) is 0 Å². The number of carbonyl (C=O) groups is 2. The van der Waals surface area contributed by atoms with Gasteiger partial charge in [-0.15, -0.1) is 0 Å². The quantitative estimate of drug-likeness (QED) is 0.420. The number of rotatable bonds is 11. The number of hydrogen-bond donors (Lipinski definition) is 0. The second-order valence-corrected chi connectivity index (χ2v) is 8.17. The fraction of sp³-hybridized carbons (Fsp3) is 0.333. The summed E-state index contributed by atoms with van der Waals surface area (Å²) in [5.74, 6) is 0.122. The highest BCUT2D eigenvalue weighted by Crippen LogP contribution is 2.26. The predicted molar refractivity (Wildman–Crippen MR) is 126 cm³/mol. The molecule has 5 heteroatoms. The van der Waals surface area contributed by atoms with E-state index in [9.17, 15) is 9.59 Å². The Morgan fingerprint density at radius 2 is 1.66 bits per heavy atom. The zero-order valence-corrected chi connectivity index (χ0v) is 18.9. The molecule has 0 fully saturated rings. The van der Waals surface area contributed by atoms with Crippen molar-refractivity contribution in [3.8, 4) is 0 Å². The van der Waals surface area contributed by atoms with Crippen LogP contribution in [0.5, 0.6) is 0 Å². The number of esters is 1. The molecule has 0 saturated heterocycles. The number of methoxy groups -OCH3 is 1. The third-order valence-corrected chi connectivity index (χ3v) is 5.81. The van der Waals surface area contributed by atoms with E-state index in [1.165, 1.54) is 18.2 Å². The Bertz CT molecular complexity index is 982. The molecule has 0 spiro atoms. The smallest absolute Gasteiger partial charge is 0.305 e. The minimum atomic E-state index is -0.187. The fourth-order valence-corrected chi connectivity index (χ4v) is 3.84. The average molecular weight is 433 g/mol. The number of amides is 1. The van der Waals surface area contributed by atoms with Crippen LogP contribution in [0.25, 0.3) is 0 Å². The maximum atomic E-state index is 12.7. The van der Waals surface area contributed by atoms with Gasteiger partial charge in [-0.25, -0.2) is 0 Å². The summed E-state index contributed by atoms with van der Waals surface area (Å²) in [6, 6.07) is 22.5. The molecule has 1 heterocycles. The van der Waals surface area contributed by atoms with Gasteiger partial charge in [-0.05, 0) is 47.9 Å². The normalized spacial score (nSPS) is 11.7. The zero-order valence-electron chi connectivity index (χ0n) is 18.9. The van der Waals surface area contributed by atoms with E-state index in [-0.39, 0.29) is 17.8 Å². The summed E-state index contributed by atoms with van der Waals surface area (Å²) < 4.78 is 6.76. The van der Waals surface area contributed by atoms with E-state index in [2.05, 4.69) is 30.3 Å². The van der Waals surface area contributed by atoms with Gasteiger partial charge in [-0.3, -0.25) is 9.59 Å². The van der Waals surface area contributed by atoms with Crippen LogP contribution < -0.4 is 0 Å². The van der Waals surface area contributed by atoms with Gasteiger partial charge in [0.05, 0.1) is 7.11 Å². The second-order valence-electron chi connectivity index (χ2n) is 8.17. The van der Waals surface area contributed by atoms with Crippen molar-refractivity contribution < 1.29 is 14.3 Å². The van der Waals surface area contributed by atoms with E-state index in [1.54, 1.807) is 4.90 Å². The van der Waals surface area contributed by atoms with Crippen LogP contribution in [-0.2, 0) is 33.7 Å². The van der Waals surface area contributed by atoms with E-state index >= 15 is 0 Å². The van der Waals surface area contributed by atoms with Crippen molar-refractivity contribution >= 4 is 11.9 Å². The third kappa shape index (κ3) is 7.12. The molecule has 1 amide bonds. The number of ether oxygens (including phenoxy) is 1. The monoisotopic (exact) mass is 432 g/mol. The zero-order chi connectivity index (χ0) is 22.8. The largest absolute Gasteiger partial charge is 0.469 e. The highest BCUT2D eigenvalue weighted by atomic mass is 16.5. The lowest BCUT2D eigenvalue weighted by molar-refractivity contribution is -0.140. The van der Waals surface area contributed by atoms with Gasteiger partial charge in [-0.2, -0.15) is 0 Å². The number of hydrogen-bond acceptors (Lipinski definition) is 3. The molecular formula is C27H32N2O3. The second kappa shape index (κ2) is 11.9. The molecule has 0 aliphatic rings. The summed E-state index contributed by atoms with van der Waals surface area (Å²) in [5, 5.41) is 0. The Labute approximate surface area is 190 Å². The van der Waals surface area contributed by atoms with Gasteiger partial charge in [-0.1, -0.05) is 60.7 Å². The van der Waals surface area contributed by atoms with Crippen molar-refractivity contribution in [2.45, 2.75) is 38.1 Å². The Hall–Kier alpha value is -3.34. The van der Waals surface area contributed by atoms with E-state index in [4.69, 9.17) is 4.74 Å². The van der Waals surface area contributed by atoms with Crippen LogP contribution in [0.4, 0.5) is 0 Å². The lowest BCUT2D eigenvalue weighted by Crippen LogP contribution is -2.31. The van der Waals surface area contributed by atoms with Crippen LogP contribution >= 0.6 is 0 Å². The summed E-state index contributed by atoms with van der Waals surface area (Å²) in [7, 11) is 3.28. The van der Waals surface area contributed by atoms with Crippen molar-refractivity contribution in [3.05, 3.63) is 95.8 Å². The van der Waals surface area contributed by atoms with Crippen LogP contribution in [0.15, 0.2) is 79.1 Å². The Kier molecular flexibility index (Phi) is 8.67. The summed E-state index contributed by atoms with van der Waals surface area (Å²) in [5.41, 5.74) is 3.60. The molecule has 168 valence electrons. The summed E-state index contributed by atoms with van der Waals surface area (Å²) in [6.07, 6.45) is 6.77. The Morgan fingerprint density at radius 3 is 2.34 bits per heavy atom. The molecule has 0 aliphatic heterocycles. The topological polar surface area (TPSA) is 51.5 Å². The lowest BCUT2D eigenvalue weighted by atomic mass is 9.89. The molecule has 3 aromatic rings. The fourth-order valence-electron chi connectivity index (χ4n) is 3.84. The molecule has 3 rings (SSSR count). The van der Waals surface area contributed by atoms with Gasteiger partial charge in [0.2, 0.25) is 5.91 Å². The molecule has 0 N–H and O–H groups in total. The van der Waals surface area contributed by atoms with Gasteiger partial charge >= 0.3 is 5.97 Å². The van der Waals surface area contributed by atoms with Crippen LogP contribution in [0.2, 0.25) is 0 Å². The van der Waals surface area contributed by atoms with E-state index in [1.807, 2.05) is 60.4 Å². The first-order chi connectivity index (χ1) is 15.5. The molecule has 0 saturated carbocycles. The molecule has 5 nitrogen and oxygen atoms in total. The average Bonchev–Trinajstić information content (AvgIpc) is 3.27. The van der Waals surface area contributed by atoms with Gasteiger partial charge in [0.15, 0.2) is 0 Å². The molecule has 0 aliphatic carbocycles. The minimum absolute atomic E-state index is 0.0911. The molecule has 1 unspecified atom stereocenters. The van der Waals surface area contributed by atoms with E-state index in [0.717, 1.165) is 24.8 Å². The highest BCUT2D eigenvalue weighted by molar-refractivity contribution is 5.75. The highest BCUT2D eigenvalue weighted by Gasteiger charge is 2.16. The number of benzene rings is 2. The van der Waals surface area contributed by atoms with Gasteiger partial charge < -0.3 is 14.2 Å². The predicted octanol–water partition coefficient (Wildman–Crippen LogP) is 4.47. The van der Waals surface area contributed by atoms with Crippen molar-refractivity contribution in [1.29, 1.82) is 0 Å². The SMILES string of the molecule is COC(=O)CCC(Cc1ccn(CC(=O)N(C)CCc2ccccc2)c1)c1ccccc1. The molecule has 1 atom stereocenters. The van der Waals surface area contributed by atoms with Crippen LogP contribution in [0.1, 0.15) is 35.4 Å².